The predicted octanol–water partition coefficient (Wildman–Crippen LogP) is 3.53. The van der Waals surface area contributed by atoms with E-state index >= 15 is 0 Å². The molecule has 1 aliphatic rings. The standard InChI is InChI=1S/C26H29NO6/c1-16-20-8-9-22(28)17(2)24(20)33-25(30)21(16)14-23(29)27-15-26(10-12-32-13-11-26)18-4-6-19(31-3)7-5-18/h4-9,28H,10-15H2,1-3H3,(H,27,29). The van der Waals surface area contributed by atoms with Crippen molar-refractivity contribution in [3.63, 3.8) is 0 Å². The summed E-state index contributed by atoms with van der Waals surface area (Å²) in [6.45, 7) is 5.20. The summed E-state index contributed by atoms with van der Waals surface area (Å²) in [4.78, 5) is 25.6. The SMILES string of the molecule is COc1ccc(C2(CNC(=O)Cc3c(C)c4ccc(O)c(C)c4oc3=O)CCOCC2)cc1. The fourth-order valence-electron chi connectivity index (χ4n) is 4.55. The van der Waals surface area contributed by atoms with Gasteiger partial charge in [-0.05, 0) is 62.1 Å². The summed E-state index contributed by atoms with van der Waals surface area (Å²) >= 11 is 0. The van der Waals surface area contributed by atoms with Crippen LogP contribution in [-0.4, -0.2) is 37.9 Å². The van der Waals surface area contributed by atoms with Crippen LogP contribution in [0.15, 0.2) is 45.6 Å². The molecule has 3 aromatic rings. The van der Waals surface area contributed by atoms with Crippen molar-refractivity contribution >= 4 is 16.9 Å². The Balaban J connectivity index is 1.55. The van der Waals surface area contributed by atoms with Crippen molar-refractivity contribution in [3.05, 3.63) is 69.1 Å². The average Bonchev–Trinajstić information content (AvgIpc) is 2.83. The first-order chi connectivity index (χ1) is 15.8. The topological polar surface area (TPSA) is 98.0 Å². The second-order valence-electron chi connectivity index (χ2n) is 8.65. The molecule has 0 spiro atoms. The first kappa shape index (κ1) is 22.9. The Morgan fingerprint density at radius 2 is 1.79 bits per heavy atom. The molecular weight excluding hydrogens is 422 g/mol. The van der Waals surface area contributed by atoms with Crippen molar-refractivity contribution in [1.29, 1.82) is 0 Å². The molecule has 1 aliphatic heterocycles. The highest BCUT2D eigenvalue weighted by Gasteiger charge is 2.35. The Bertz CT molecular complexity index is 1220. The number of benzene rings is 2. The molecule has 1 amide bonds. The number of ether oxygens (including phenoxy) is 2. The molecule has 0 unspecified atom stereocenters. The summed E-state index contributed by atoms with van der Waals surface area (Å²) in [5.41, 5.74) is 2.21. The van der Waals surface area contributed by atoms with E-state index in [1.54, 1.807) is 33.1 Å². The molecule has 7 nitrogen and oxygen atoms in total. The van der Waals surface area contributed by atoms with E-state index in [1.165, 1.54) is 0 Å². The minimum absolute atomic E-state index is 0.0656. The fraction of sp³-hybridized carbons (Fsp3) is 0.385. The van der Waals surface area contributed by atoms with Crippen molar-refractivity contribution < 1.29 is 23.8 Å². The maximum absolute atomic E-state index is 12.9. The molecule has 174 valence electrons. The number of hydrogen-bond acceptors (Lipinski definition) is 6. The molecular formula is C26H29NO6. The normalized spacial score (nSPS) is 15.4. The van der Waals surface area contributed by atoms with Gasteiger partial charge in [0.05, 0.1) is 19.1 Å². The smallest absolute Gasteiger partial charge is 0.340 e. The number of carbonyl (C=O) groups excluding carboxylic acids is 1. The molecule has 1 saturated heterocycles. The van der Waals surface area contributed by atoms with Crippen molar-refractivity contribution in [1.82, 2.24) is 5.32 Å². The molecule has 1 fully saturated rings. The summed E-state index contributed by atoms with van der Waals surface area (Å²) in [7, 11) is 1.63. The van der Waals surface area contributed by atoms with E-state index in [1.807, 2.05) is 24.3 Å². The lowest BCUT2D eigenvalue weighted by molar-refractivity contribution is -0.121. The Morgan fingerprint density at radius 3 is 2.45 bits per heavy atom. The second-order valence-corrected chi connectivity index (χ2v) is 8.65. The zero-order valence-electron chi connectivity index (χ0n) is 19.2. The van der Waals surface area contributed by atoms with Crippen LogP contribution in [0.5, 0.6) is 11.5 Å². The highest BCUT2D eigenvalue weighted by atomic mass is 16.5. The van der Waals surface area contributed by atoms with Crippen molar-refractivity contribution in [3.8, 4) is 11.5 Å². The number of amides is 1. The average molecular weight is 452 g/mol. The molecule has 2 heterocycles. The quantitative estimate of drug-likeness (QED) is 0.557. The van der Waals surface area contributed by atoms with E-state index in [4.69, 9.17) is 13.9 Å². The van der Waals surface area contributed by atoms with Gasteiger partial charge in [-0.3, -0.25) is 4.79 Å². The van der Waals surface area contributed by atoms with Gasteiger partial charge < -0.3 is 24.3 Å². The summed E-state index contributed by atoms with van der Waals surface area (Å²) in [5, 5.41) is 13.7. The van der Waals surface area contributed by atoms with Gasteiger partial charge in [-0.2, -0.15) is 0 Å². The molecule has 0 saturated carbocycles. The van der Waals surface area contributed by atoms with Gasteiger partial charge in [0.15, 0.2) is 0 Å². The van der Waals surface area contributed by atoms with Gasteiger partial charge in [0.25, 0.3) is 0 Å². The number of fused-ring (bicyclic) bond motifs is 1. The number of methoxy groups -OCH3 is 1. The molecule has 0 bridgehead atoms. The first-order valence-electron chi connectivity index (χ1n) is 11.1. The highest BCUT2D eigenvalue weighted by molar-refractivity contribution is 5.87. The van der Waals surface area contributed by atoms with Gasteiger partial charge in [0.2, 0.25) is 5.91 Å². The maximum atomic E-state index is 12.9. The highest BCUT2D eigenvalue weighted by Crippen LogP contribution is 2.35. The van der Waals surface area contributed by atoms with Crippen LogP contribution in [0.1, 0.15) is 35.1 Å². The van der Waals surface area contributed by atoms with Crippen LogP contribution >= 0.6 is 0 Å². The number of nitrogens with one attached hydrogen (secondary N) is 1. The summed E-state index contributed by atoms with van der Waals surface area (Å²) in [6, 6.07) is 11.2. The summed E-state index contributed by atoms with van der Waals surface area (Å²) in [5.74, 6) is 0.613. The maximum Gasteiger partial charge on any atom is 0.340 e. The van der Waals surface area contributed by atoms with Crippen LogP contribution in [0.25, 0.3) is 11.0 Å². The van der Waals surface area contributed by atoms with E-state index < -0.39 is 5.63 Å². The van der Waals surface area contributed by atoms with Gasteiger partial charge in [-0.15, -0.1) is 0 Å². The van der Waals surface area contributed by atoms with Crippen LogP contribution in [0.4, 0.5) is 0 Å². The molecule has 0 radical (unpaired) electrons. The lowest BCUT2D eigenvalue weighted by Crippen LogP contribution is -2.45. The Hall–Kier alpha value is -3.32. The van der Waals surface area contributed by atoms with Crippen molar-refractivity contribution in [2.24, 2.45) is 0 Å². The van der Waals surface area contributed by atoms with E-state index in [0.717, 1.165) is 24.2 Å². The van der Waals surface area contributed by atoms with Gasteiger partial charge >= 0.3 is 5.63 Å². The molecule has 0 atom stereocenters. The molecule has 7 heteroatoms. The molecule has 0 aliphatic carbocycles. The molecule has 33 heavy (non-hydrogen) atoms. The minimum Gasteiger partial charge on any atom is -0.508 e. The van der Waals surface area contributed by atoms with Crippen LogP contribution in [0, 0.1) is 13.8 Å². The van der Waals surface area contributed by atoms with Gasteiger partial charge in [-0.1, -0.05) is 12.1 Å². The number of phenols is 1. The van der Waals surface area contributed by atoms with E-state index in [9.17, 15) is 14.7 Å². The zero-order chi connectivity index (χ0) is 23.6. The van der Waals surface area contributed by atoms with E-state index in [-0.39, 0.29) is 23.5 Å². The number of hydrogen-bond donors (Lipinski definition) is 2. The molecule has 1 aromatic heterocycles. The summed E-state index contributed by atoms with van der Waals surface area (Å²) < 4.78 is 16.3. The zero-order valence-corrected chi connectivity index (χ0v) is 19.2. The third-order valence-electron chi connectivity index (χ3n) is 6.79. The third-order valence-corrected chi connectivity index (χ3v) is 6.79. The van der Waals surface area contributed by atoms with E-state index in [2.05, 4.69) is 5.32 Å². The third kappa shape index (κ3) is 4.46. The molecule has 2 aromatic carbocycles. The number of aryl methyl sites for hydroxylation is 2. The monoisotopic (exact) mass is 451 g/mol. The van der Waals surface area contributed by atoms with Gasteiger partial charge in [-0.25, -0.2) is 4.79 Å². The lowest BCUT2D eigenvalue weighted by atomic mass is 9.74. The first-order valence-corrected chi connectivity index (χ1v) is 11.1. The summed E-state index contributed by atoms with van der Waals surface area (Å²) in [6.07, 6.45) is 1.51. The number of phenolic OH excluding ortho intramolecular Hbond substituents is 1. The lowest BCUT2D eigenvalue weighted by Gasteiger charge is -2.38. The Kier molecular flexibility index (Phi) is 6.42. The molecule has 4 rings (SSSR count). The number of rotatable bonds is 6. The Labute approximate surface area is 192 Å². The van der Waals surface area contributed by atoms with Crippen LogP contribution < -0.4 is 15.7 Å². The number of carbonyl (C=O) groups is 1. The van der Waals surface area contributed by atoms with Crippen LogP contribution in [0.3, 0.4) is 0 Å². The van der Waals surface area contributed by atoms with Gasteiger partial charge in [0.1, 0.15) is 17.1 Å². The second kappa shape index (κ2) is 9.27. The largest absolute Gasteiger partial charge is 0.508 e. The molecule has 2 N–H and O–H groups in total. The minimum atomic E-state index is -0.556. The van der Waals surface area contributed by atoms with Crippen molar-refractivity contribution in [2.75, 3.05) is 26.9 Å². The number of aromatic hydroxyl groups is 1. The van der Waals surface area contributed by atoms with Crippen molar-refractivity contribution in [2.45, 2.75) is 38.5 Å². The van der Waals surface area contributed by atoms with Gasteiger partial charge in [0, 0.05) is 36.1 Å². The fourth-order valence-corrected chi connectivity index (χ4v) is 4.55. The van der Waals surface area contributed by atoms with E-state index in [0.29, 0.717) is 47.4 Å². The van der Waals surface area contributed by atoms with Crippen LogP contribution in [-0.2, 0) is 21.4 Å². The van der Waals surface area contributed by atoms with Crippen LogP contribution in [0.2, 0.25) is 0 Å². The Morgan fingerprint density at radius 1 is 1.09 bits per heavy atom. The predicted molar refractivity (Wildman–Crippen MR) is 125 cm³/mol.